The molecule has 1 atom stereocenters. The molecule has 0 radical (unpaired) electrons. The lowest BCUT2D eigenvalue weighted by molar-refractivity contribution is 0.0626. The highest BCUT2D eigenvalue weighted by atomic mass is 35.5. The summed E-state index contributed by atoms with van der Waals surface area (Å²) in [4.78, 5) is 15.4. The van der Waals surface area contributed by atoms with E-state index >= 15 is 0 Å². The summed E-state index contributed by atoms with van der Waals surface area (Å²) in [7, 11) is -0.0143. The van der Waals surface area contributed by atoms with E-state index in [9.17, 15) is 17.8 Å². The van der Waals surface area contributed by atoms with Gasteiger partial charge in [-0.3, -0.25) is 9.35 Å². The predicted molar refractivity (Wildman–Crippen MR) is 159 cm³/mol. The molecule has 0 saturated carbocycles. The van der Waals surface area contributed by atoms with Crippen LogP contribution in [-0.4, -0.2) is 58.2 Å². The molecular formula is C29H30Cl3NO7S. The lowest BCUT2D eigenvalue weighted by atomic mass is 9.70. The summed E-state index contributed by atoms with van der Waals surface area (Å²) in [5.41, 5.74) is 1.01. The number of nitrogens with zero attached hydrogens (tertiary/aromatic N) is 1. The van der Waals surface area contributed by atoms with Gasteiger partial charge in [0.15, 0.2) is 11.5 Å². The van der Waals surface area contributed by atoms with Crippen LogP contribution in [0.1, 0.15) is 40.7 Å². The Morgan fingerprint density at radius 1 is 0.951 bits per heavy atom. The van der Waals surface area contributed by atoms with Crippen molar-refractivity contribution in [2.45, 2.75) is 36.0 Å². The second-order valence-electron chi connectivity index (χ2n) is 9.88. The second kappa shape index (κ2) is 12.7. The van der Waals surface area contributed by atoms with E-state index in [1.807, 2.05) is 6.07 Å². The van der Waals surface area contributed by atoms with Gasteiger partial charge in [-0.2, -0.15) is 8.42 Å². The number of hydrogen-bond acceptors (Lipinski definition) is 6. The van der Waals surface area contributed by atoms with Crippen LogP contribution in [0.15, 0.2) is 53.4 Å². The van der Waals surface area contributed by atoms with Gasteiger partial charge in [0, 0.05) is 29.1 Å². The zero-order valence-corrected chi connectivity index (χ0v) is 25.8. The highest BCUT2D eigenvalue weighted by molar-refractivity contribution is 7.85. The van der Waals surface area contributed by atoms with Crippen LogP contribution in [0.4, 0.5) is 0 Å². The van der Waals surface area contributed by atoms with Gasteiger partial charge in [-0.15, -0.1) is 0 Å². The van der Waals surface area contributed by atoms with Crippen LogP contribution < -0.4 is 14.2 Å². The lowest BCUT2D eigenvalue weighted by Gasteiger charge is -2.44. The van der Waals surface area contributed by atoms with Crippen LogP contribution in [0.5, 0.6) is 17.2 Å². The molecule has 4 rings (SSSR count). The van der Waals surface area contributed by atoms with Crippen molar-refractivity contribution < 1.29 is 32.0 Å². The van der Waals surface area contributed by atoms with Crippen molar-refractivity contribution in [1.82, 2.24) is 4.90 Å². The van der Waals surface area contributed by atoms with Crippen LogP contribution in [0, 0.1) is 0 Å². The third-order valence-corrected chi connectivity index (χ3v) is 9.41. The smallest absolute Gasteiger partial charge is 0.294 e. The van der Waals surface area contributed by atoms with Crippen molar-refractivity contribution in [3.8, 4) is 17.2 Å². The number of likely N-dealkylation sites (tertiary alicyclic amines) is 1. The number of halogens is 3. The van der Waals surface area contributed by atoms with Gasteiger partial charge in [0.25, 0.3) is 16.0 Å². The monoisotopic (exact) mass is 641 g/mol. The maximum atomic E-state index is 13.9. The largest absolute Gasteiger partial charge is 0.493 e. The van der Waals surface area contributed by atoms with E-state index in [4.69, 9.17) is 49.0 Å². The second-order valence-corrected chi connectivity index (χ2v) is 12.5. The van der Waals surface area contributed by atoms with Gasteiger partial charge in [0.1, 0.15) is 0 Å². The van der Waals surface area contributed by atoms with E-state index < -0.39 is 15.5 Å². The Kier molecular flexibility index (Phi) is 9.66. The fraction of sp³-hybridized carbons (Fsp3) is 0.345. The summed E-state index contributed by atoms with van der Waals surface area (Å²) in [6.07, 6.45) is 2.08. The molecule has 3 aromatic carbocycles. The van der Waals surface area contributed by atoms with Crippen molar-refractivity contribution in [2.24, 2.45) is 0 Å². The predicted octanol–water partition coefficient (Wildman–Crippen LogP) is 6.73. The fourth-order valence-electron chi connectivity index (χ4n) is 5.47. The first kappa shape index (κ1) is 31.3. The van der Waals surface area contributed by atoms with Gasteiger partial charge >= 0.3 is 0 Å². The van der Waals surface area contributed by atoms with Crippen molar-refractivity contribution in [3.05, 3.63) is 80.3 Å². The zero-order valence-electron chi connectivity index (χ0n) is 22.7. The molecule has 1 fully saturated rings. The molecule has 1 heterocycles. The standard InChI is InChI=1S/C29H30Cl3NO7S/c1-38-24-14-19(15-25(39-2)27(24)40-3)28(34)33-12-4-10-29(17-33,20-5-7-22(31)23(32)16-20)11-9-18-13-21(30)6-8-26(18)41(35,36)37/h5-8,13-16H,4,9-12,17H2,1-3H3,(H,35,36,37). The van der Waals surface area contributed by atoms with Gasteiger partial charge in [-0.05, 0) is 79.3 Å². The summed E-state index contributed by atoms with van der Waals surface area (Å²) in [5, 5.41) is 1.12. The maximum Gasteiger partial charge on any atom is 0.294 e. The number of carbonyl (C=O) groups is 1. The topological polar surface area (TPSA) is 102 Å². The van der Waals surface area contributed by atoms with Crippen LogP contribution in [0.25, 0.3) is 0 Å². The summed E-state index contributed by atoms with van der Waals surface area (Å²) in [6, 6.07) is 12.9. The minimum absolute atomic E-state index is 0.202. The number of aryl methyl sites for hydroxylation is 1. The number of ether oxygens (including phenoxy) is 3. The number of amides is 1. The lowest BCUT2D eigenvalue weighted by Crippen LogP contribution is -2.49. The number of methoxy groups -OCH3 is 3. The molecule has 220 valence electrons. The minimum atomic E-state index is -4.47. The summed E-state index contributed by atoms with van der Waals surface area (Å²) in [5.74, 6) is 0.879. The molecule has 0 spiro atoms. The van der Waals surface area contributed by atoms with Gasteiger partial charge < -0.3 is 19.1 Å². The molecule has 1 saturated heterocycles. The Morgan fingerprint density at radius 3 is 2.22 bits per heavy atom. The number of piperidine rings is 1. The van der Waals surface area contributed by atoms with Crippen molar-refractivity contribution in [1.29, 1.82) is 0 Å². The molecule has 1 aliphatic heterocycles. The Morgan fingerprint density at radius 2 is 1.63 bits per heavy atom. The summed E-state index contributed by atoms with van der Waals surface area (Å²) in [6.45, 7) is 0.828. The third kappa shape index (κ3) is 6.70. The Labute approximate surface area is 254 Å². The maximum absolute atomic E-state index is 13.9. The van der Waals surface area contributed by atoms with E-state index in [1.54, 1.807) is 29.2 Å². The van der Waals surface area contributed by atoms with E-state index in [0.29, 0.717) is 75.8 Å². The van der Waals surface area contributed by atoms with Crippen LogP contribution in [-0.2, 0) is 22.0 Å². The number of rotatable bonds is 9. The summed E-state index contributed by atoms with van der Waals surface area (Å²) >= 11 is 18.8. The fourth-order valence-corrected chi connectivity index (χ4v) is 6.70. The molecular weight excluding hydrogens is 613 g/mol. The molecule has 1 unspecified atom stereocenters. The molecule has 0 aliphatic carbocycles. The SMILES string of the molecule is COc1cc(C(=O)N2CCCC(CCc3cc(Cl)ccc3S(=O)(=O)O)(c3ccc(Cl)c(Cl)c3)C2)cc(OC)c1OC. The van der Waals surface area contributed by atoms with Crippen molar-refractivity contribution in [3.63, 3.8) is 0 Å². The number of carbonyl (C=O) groups excluding carboxylic acids is 1. The molecule has 1 aliphatic rings. The van der Waals surface area contributed by atoms with Crippen molar-refractivity contribution >= 4 is 50.8 Å². The third-order valence-electron chi connectivity index (χ3n) is 7.48. The first-order valence-electron chi connectivity index (χ1n) is 12.7. The Hall–Kier alpha value is -2.69. The quantitative estimate of drug-likeness (QED) is 0.258. The average Bonchev–Trinajstić information content (AvgIpc) is 2.95. The molecule has 41 heavy (non-hydrogen) atoms. The molecule has 12 heteroatoms. The molecule has 0 aromatic heterocycles. The molecule has 1 N–H and O–H groups in total. The minimum Gasteiger partial charge on any atom is -0.493 e. The van der Waals surface area contributed by atoms with Crippen LogP contribution in [0.3, 0.4) is 0 Å². The van der Waals surface area contributed by atoms with E-state index in [1.165, 1.54) is 39.5 Å². The first-order valence-corrected chi connectivity index (χ1v) is 15.3. The normalized spacial score (nSPS) is 17.3. The van der Waals surface area contributed by atoms with E-state index in [2.05, 4.69) is 0 Å². The average molecular weight is 643 g/mol. The summed E-state index contributed by atoms with van der Waals surface area (Å²) < 4.78 is 50.3. The van der Waals surface area contributed by atoms with E-state index in [-0.39, 0.29) is 17.2 Å². The molecule has 1 amide bonds. The number of hydrogen-bond donors (Lipinski definition) is 1. The molecule has 8 nitrogen and oxygen atoms in total. The Bertz CT molecular complexity index is 1540. The van der Waals surface area contributed by atoms with Gasteiger partial charge in [0.2, 0.25) is 5.75 Å². The van der Waals surface area contributed by atoms with Gasteiger partial charge in [0.05, 0.1) is 36.3 Å². The van der Waals surface area contributed by atoms with Gasteiger partial charge in [-0.1, -0.05) is 40.9 Å². The van der Waals surface area contributed by atoms with Crippen LogP contribution in [0.2, 0.25) is 15.1 Å². The highest BCUT2D eigenvalue weighted by Crippen LogP contribution is 2.43. The first-order chi connectivity index (χ1) is 19.4. The van der Waals surface area contributed by atoms with Gasteiger partial charge in [-0.25, -0.2) is 0 Å². The molecule has 0 bridgehead atoms. The number of benzene rings is 3. The zero-order chi connectivity index (χ0) is 29.9. The highest BCUT2D eigenvalue weighted by Gasteiger charge is 2.39. The van der Waals surface area contributed by atoms with E-state index in [0.717, 1.165) is 5.56 Å². The van der Waals surface area contributed by atoms with Crippen molar-refractivity contribution in [2.75, 3.05) is 34.4 Å². The van der Waals surface area contributed by atoms with Crippen LogP contribution >= 0.6 is 34.8 Å². The Balaban J connectivity index is 1.74. The molecule has 3 aromatic rings.